The summed E-state index contributed by atoms with van der Waals surface area (Å²) < 4.78 is 0. The van der Waals surface area contributed by atoms with Crippen LogP contribution in [0.15, 0.2) is 48.5 Å². The van der Waals surface area contributed by atoms with Gasteiger partial charge in [0.1, 0.15) is 6.04 Å². The number of carbonyl (C=O) groups excluding carboxylic acids is 2. The summed E-state index contributed by atoms with van der Waals surface area (Å²) in [5.74, 6) is -0.258. The minimum absolute atomic E-state index is 0.126. The van der Waals surface area contributed by atoms with Crippen molar-refractivity contribution in [2.24, 2.45) is 0 Å². The Bertz CT molecular complexity index is 696. The van der Waals surface area contributed by atoms with Crippen molar-refractivity contribution in [1.82, 2.24) is 0 Å². The van der Waals surface area contributed by atoms with Gasteiger partial charge in [-0.25, -0.2) is 0 Å². The number of rotatable bonds is 5. The van der Waals surface area contributed by atoms with E-state index < -0.39 is 6.04 Å². The van der Waals surface area contributed by atoms with Crippen molar-refractivity contribution in [1.29, 1.82) is 0 Å². The van der Waals surface area contributed by atoms with Gasteiger partial charge in [0.25, 0.3) is 0 Å². The predicted molar refractivity (Wildman–Crippen MR) is 93.6 cm³/mol. The van der Waals surface area contributed by atoms with Gasteiger partial charge in [-0.3, -0.25) is 9.59 Å². The summed E-state index contributed by atoms with van der Waals surface area (Å²) in [5.41, 5.74) is 3.36. The third-order valence-corrected chi connectivity index (χ3v) is 3.28. The molecule has 0 fully saturated rings. The Hall–Kier alpha value is -2.82. The van der Waals surface area contributed by atoms with E-state index in [1.54, 1.807) is 19.1 Å². The zero-order valence-corrected chi connectivity index (χ0v) is 13.5. The molecule has 5 nitrogen and oxygen atoms in total. The second-order valence-electron chi connectivity index (χ2n) is 5.48. The van der Waals surface area contributed by atoms with E-state index in [0.29, 0.717) is 5.69 Å². The molecule has 2 amide bonds. The van der Waals surface area contributed by atoms with Gasteiger partial charge in [-0.15, -0.1) is 0 Å². The van der Waals surface area contributed by atoms with Crippen molar-refractivity contribution >= 4 is 28.9 Å². The predicted octanol–water partition coefficient (Wildman–Crippen LogP) is 3.39. The van der Waals surface area contributed by atoms with Gasteiger partial charge in [-0.05, 0) is 44.2 Å². The number of hydrogen-bond donors (Lipinski definition) is 3. The molecule has 1 unspecified atom stereocenters. The van der Waals surface area contributed by atoms with E-state index in [2.05, 4.69) is 16.0 Å². The van der Waals surface area contributed by atoms with E-state index in [9.17, 15) is 9.59 Å². The summed E-state index contributed by atoms with van der Waals surface area (Å²) in [6.07, 6.45) is 0. The van der Waals surface area contributed by atoms with Crippen molar-refractivity contribution < 1.29 is 9.59 Å². The summed E-state index contributed by atoms with van der Waals surface area (Å²) in [6.45, 7) is 5.24. The van der Waals surface area contributed by atoms with Gasteiger partial charge in [-0.1, -0.05) is 23.8 Å². The van der Waals surface area contributed by atoms with Crippen LogP contribution in [0.5, 0.6) is 0 Å². The number of anilines is 3. The number of hydrogen-bond acceptors (Lipinski definition) is 3. The molecule has 2 aromatic rings. The summed E-state index contributed by atoms with van der Waals surface area (Å²) in [4.78, 5) is 23.3. The monoisotopic (exact) mass is 311 g/mol. The molecule has 0 aliphatic heterocycles. The third-order valence-electron chi connectivity index (χ3n) is 3.28. The largest absolute Gasteiger partial charge is 0.374 e. The molecule has 23 heavy (non-hydrogen) atoms. The molecule has 0 saturated heterocycles. The summed E-state index contributed by atoms with van der Waals surface area (Å²) in [7, 11) is 0. The van der Waals surface area contributed by atoms with Crippen molar-refractivity contribution in [2.45, 2.75) is 26.8 Å². The molecule has 0 saturated carbocycles. The van der Waals surface area contributed by atoms with Crippen LogP contribution in [-0.4, -0.2) is 17.9 Å². The quantitative estimate of drug-likeness (QED) is 0.792. The van der Waals surface area contributed by atoms with E-state index in [4.69, 9.17) is 0 Å². The van der Waals surface area contributed by atoms with Crippen LogP contribution in [-0.2, 0) is 9.59 Å². The molecular weight excluding hydrogens is 290 g/mol. The summed E-state index contributed by atoms with van der Waals surface area (Å²) in [6, 6.07) is 14.5. The van der Waals surface area contributed by atoms with Crippen LogP contribution in [0.4, 0.5) is 17.1 Å². The smallest absolute Gasteiger partial charge is 0.246 e. The molecule has 3 N–H and O–H groups in total. The highest BCUT2D eigenvalue weighted by Gasteiger charge is 2.13. The first-order chi connectivity index (χ1) is 10.9. The van der Waals surface area contributed by atoms with Crippen LogP contribution >= 0.6 is 0 Å². The van der Waals surface area contributed by atoms with Crippen LogP contribution < -0.4 is 16.0 Å². The lowest BCUT2D eigenvalue weighted by Crippen LogP contribution is -2.31. The normalized spacial score (nSPS) is 11.4. The van der Waals surface area contributed by atoms with E-state index in [-0.39, 0.29) is 11.8 Å². The molecular formula is C18H21N3O2. The Balaban J connectivity index is 1.97. The molecule has 5 heteroatoms. The second kappa shape index (κ2) is 7.45. The number of aryl methyl sites for hydroxylation is 1. The SMILES string of the molecule is CC(=O)Nc1cccc(NC(C)C(=O)Nc2ccc(C)cc2)c1. The van der Waals surface area contributed by atoms with Crippen LogP contribution in [0.25, 0.3) is 0 Å². The van der Waals surface area contributed by atoms with Crippen LogP contribution in [0.3, 0.4) is 0 Å². The Labute approximate surface area is 136 Å². The molecule has 0 spiro atoms. The van der Waals surface area contributed by atoms with Crippen LogP contribution in [0.1, 0.15) is 19.4 Å². The minimum atomic E-state index is -0.413. The van der Waals surface area contributed by atoms with Gasteiger partial charge in [0, 0.05) is 24.0 Å². The van der Waals surface area contributed by atoms with Crippen molar-refractivity contribution in [3.63, 3.8) is 0 Å². The molecule has 2 aromatic carbocycles. The molecule has 0 heterocycles. The number of carbonyl (C=O) groups is 2. The lowest BCUT2D eigenvalue weighted by atomic mass is 10.2. The highest BCUT2D eigenvalue weighted by atomic mass is 16.2. The fraction of sp³-hybridized carbons (Fsp3) is 0.222. The highest BCUT2D eigenvalue weighted by molar-refractivity contribution is 5.96. The van der Waals surface area contributed by atoms with Gasteiger partial charge in [0.2, 0.25) is 11.8 Å². The van der Waals surface area contributed by atoms with Gasteiger partial charge >= 0.3 is 0 Å². The molecule has 0 bridgehead atoms. The lowest BCUT2D eigenvalue weighted by Gasteiger charge is -2.16. The van der Waals surface area contributed by atoms with Gasteiger partial charge in [0.05, 0.1) is 0 Å². The van der Waals surface area contributed by atoms with Gasteiger partial charge in [0.15, 0.2) is 0 Å². The van der Waals surface area contributed by atoms with Gasteiger partial charge < -0.3 is 16.0 Å². The first-order valence-corrected chi connectivity index (χ1v) is 7.46. The highest BCUT2D eigenvalue weighted by Crippen LogP contribution is 2.16. The topological polar surface area (TPSA) is 70.2 Å². The van der Waals surface area contributed by atoms with E-state index in [1.165, 1.54) is 6.92 Å². The van der Waals surface area contributed by atoms with Crippen molar-refractivity contribution in [3.05, 3.63) is 54.1 Å². The first kappa shape index (κ1) is 16.5. The Morgan fingerprint density at radius 3 is 2.22 bits per heavy atom. The molecule has 0 aliphatic rings. The molecule has 2 rings (SSSR count). The lowest BCUT2D eigenvalue weighted by molar-refractivity contribution is -0.116. The Morgan fingerprint density at radius 1 is 0.913 bits per heavy atom. The maximum Gasteiger partial charge on any atom is 0.246 e. The maximum atomic E-state index is 12.2. The average Bonchev–Trinajstić information content (AvgIpc) is 2.49. The molecule has 0 aliphatic carbocycles. The van der Waals surface area contributed by atoms with E-state index in [1.807, 2.05) is 43.3 Å². The number of benzene rings is 2. The number of nitrogens with one attached hydrogen (secondary N) is 3. The van der Waals surface area contributed by atoms with Crippen LogP contribution in [0, 0.1) is 6.92 Å². The first-order valence-electron chi connectivity index (χ1n) is 7.46. The summed E-state index contributed by atoms with van der Waals surface area (Å²) in [5, 5.41) is 8.70. The van der Waals surface area contributed by atoms with E-state index in [0.717, 1.165) is 16.9 Å². The maximum absolute atomic E-state index is 12.2. The zero-order chi connectivity index (χ0) is 16.8. The Kier molecular flexibility index (Phi) is 5.36. The average molecular weight is 311 g/mol. The zero-order valence-electron chi connectivity index (χ0n) is 13.5. The molecule has 120 valence electrons. The molecule has 0 aromatic heterocycles. The van der Waals surface area contributed by atoms with Crippen molar-refractivity contribution in [2.75, 3.05) is 16.0 Å². The standard InChI is InChI=1S/C18H21N3O2/c1-12-7-9-15(10-8-12)21-18(23)13(2)19-16-5-4-6-17(11-16)20-14(3)22/h4-11,13,19H,1-3H3,(H,20,22)(H,21,23). The number of amides is 2. The molecule has 0 radical (unpaired) electrons. The van der Waals surface area contributed by atoms with Crippen LogP contribution in [0.2, 0.25) is 0 Å². The fourth-order valence-corrected chi connectivity index (χ4v) is 2.09. The third kappa shape index (κ3) is 5.14. The minimum Gasteiger partial charge on any atom is -0.374 e. The summed E-state index contributed by atoms with van der Waals surface area (Å²) >= 11 is 0. The van der Waals surface area contributed by atoms with Crippen molar-refractivity contribution in [3.8, 4) is 0 Å². The van der Waals surface area contributed by atoms with E-state index >= 15 is 0 Å². The van der Waals surface area contributed by atoms with Gasteiger partial charge in [-0.2, -0.15) is 0 Å². The fourth-order valence-electron chi connectivity index (χ4n) is 2.09. The Morgan fingerprint density at radius 2 is 1.57 bits per heavy atom. The molecule has 1 atom stereocenters. The second-order valence-corrected chi connectivity index (χ2v) is 5.48.